The highest BCUT2D eigenvalue weighted by atomic mass is 16.2. The first-order valence-corrected chi connectivity index (χ1v) is 5.35. The summed E-state index contributed by atoms with van der Waals surface area (Å²) in [5.74, 6) is 0.771. The van der Waals surface area contributed by atoms with E-state index in [2.05, 4.69) is 10.6 Å². The van der Waals surface area contributed by atoms with E-state index in [-0.39, 0.29) is 18.4 Å². The quantitative estimate of drug-likeness (QED) is 0.517. The van der Waals surface area contributed by atoms with Gasteiger partial charge in [0.1, 0.15) is 0 Å². The van der Waals surface area contributed by atoms with Crippen LogP contribution < -0.4 is 10.6 Å². The number of amides is 1. The van der Waals surface area contributed by atoms with Gasteiger partial charge in [0.15, 0.2) is 0 Å². The number of carbonyl (C=O) groups is 1. The lowest BCUT2D eigenvalue weighted by Gasteiger charge is -2.31. The molecular formula is C10H20N2O2. The van der Waals surface area contributed by atoms with Crippen LogP contribution in [0.1, 0.15) is 19.8 Å². The molecule has 82 valence electrons. The number of aliphatic hydroxyl groups excluding tert-OH is 1. The Morgan fingerprint density at radius 2 is 2.29 bits per heavy atom. The standard InChI is InChI=1S/C10H20N2O2/c1-8(9-6-11-7-9)10(14)12-4-2-3-5-13/h8-9,11,13H,2-7H2,1H3,(H,12,14). The minimum absolute atomic E-state index is 0.116. The smallest absolute Gasteiger partial charge is 0.223 e. The fraction of sp³-hybridized carbons (Fsp3) is 0.900. The lowest BCUT2D eigenvalue weighted by molar-refractivity contribution is -0.126. The number of rotatable bonds is 6. The third-order valence-corrected chi connectivity index (χ3v) is 2.82. The molecule has 1 fully saturated rings. The van der Waals surface area contributed by atoms with Crippen LogP contribution in [0.2, 0.25) is 0 Å². The fourth-order valence-corrected chi connectivity index (χ4v) is 1.49. The van der Waals surface area contributed by atoms with Crippen LogP contribution >= 0.6 is 0 Å². The molecule has 0 bridgehead atoms. The topological polar surface area (TPSA) is 61.4 Å². The summed E-state index contributed by atoms with van der Waals surface area (Å²) in [6, 6.07) is 0. The maximum absolute atomic E-state index is 11.5. The van der Waals surface area contributed by atoms with Crippen LogP contribution in [0.3, 0.4) is 0 Å². The highest BCUT2D eigenvalue weighted by molar-refractivity contribution is 5.78. The summed E-state index contributed by atoms with van der Waals surface area (Å²) in [6.07, 6.45) is 1.62. The van der Waals surface area contributed by atoms with Crippen LogP contribution in [0.15, 0.2) is 0 Å². The first-order valence-electron chi connectivity index (χ1n) is 5.35. The van der Waals surface area contributed by atoms with Gasteiger partial charge in [-0.3, -0.25) is 4.79 Å². The molecule has 1 rings (SSSR count). The monoisotopic (exact) mass is 200 g/mol. The Hall–Kier alpha value is -0.610. The lowest BCUT2D eigenvalue weighted by atomic mass is 9.88. The van der Waals surface area contributed by atoms with Crippen molar-refractivity contribution in [3.63, 3.8) is 0 Å². The second-order valence-corrected chi connectivity index (χ2v) is 3.93. The summed E-state index contributed by atoms with van der Waals surface area (Å²) in [5.41, 5.74) is 0. The van der Waals surface area contributed by atoms with E-state index in [1.165, 1.54) is 0 Å². The van der Waals surface area contributed by atoms with E-state index in [0.717, 1.165) is 25.9 Å². The van der Waals surface area contributed by atoms with Crippen molar-refractivity contribution in [1.82, 2.24) is 10.6 Å². The number of nitrogens with one attached hydrogen (secondary N) is 2. The number of aliphatic hydroxyl groups is 1. The zero-order valence-electron chi connectivity index (χ0n) is 8.75. The average Bonchev–Trinajstić information content (AvgIpc) is 2.09. The Labute approximate surface area is 85.1 Å². The van der Waals surface area contributed by atoms with E-state index in [1.807, 2.05) is 6.92 Å². The molecule has 1 amide bonds. The molecule has 1 aliphatic rings. The Balaban J connectivity index is 2.07. The fourth-order valence-electron chi connectivity index (χ4n) is 1.49. The van der Waals surface area contributed by atoms with Gasteiger partial charge in [0.05, 0.1) is 0 Å². The summed E-state index contributed by atoms with van der Waals surface area (Å²) in [4.78, 5) is 11.5. The van der Waals surface area contributed by atoms with Gasteiger partial charge in [-0.05, 0) is 31.8 Å². The number of unbranched alkanes of at least 4 members (excludes halogenated alkanes) is 1. The van der Waals surface area contributed by atoms with Gasteiger partial charge >= 0.3 is 0 Å². The van der Waals surface area contributed by atoms with Gasteiger partial charge in [-0.25, -0.2) is 0 Å². The Kier molecular flexibility index (Phi) is 4.90. The highest BCUT2D eigenvalue weighted by Crippen LogP contribution is 2.15. The molecule has 0 saturated carbocycles. The van der Waals surface area contributed by atoms with E-state index < -0.39 is 0 Å². The molecule has 0 aromatic heterocycles. The van der Waals surface area contributed by atoms with Crippen LogP contribution in [-0.4, -0.2) is 37.3 Å². The number of carbonyl (C=O) groups excluding carboxylic acids is 1. The van der Waals surface area contributed by atoms with E-state index in [9.17, 15) is 4.79 Å². The predicted octanol–water partition coefficient (Wildman–Crippen LogP) is -0.269. The molecule has 0 radical (unpaired) electrons. The van der Waals surface area contributed by atoms with Gasteiger partial charge in [-0.2, -0.15) is 0 Å². The van der Waals surface area contributed by atoms with Crippen molar-refractivity contribution in [2.24, 2.45) is 11.8 Å². The average molecular weight is 200 g/mol. The van der Waals surface area contributed by atoms with E-state index in [1.54, 1.807) is 0 Å². The molecule has 0 aromatic carbocycles. The van der Waals surface area contributed by atoms with Crippen molar-refractivity contribution in [3.8, 4) is 0 Å². The third-order valence-electron chi connectivity index (χ3n) is 2.82. The minimum atomic E-state index is 0.116. The second-order valence-electron chi connectivity index (χ2n) is 3.93. The zero-order chi connectivity index (χ0) is 10.4. The first kappa shape index (κ1) is 11.5. The molecule has 0 spiro atoms. The molecule has 1 aliphatic heterocycles. The molecule has 0 aliphatic carbocycles. The molecule has 4 nitrogen and oxygen atoms in total. The minimum Gasteiger partial charge on any atom is -0.396 e. The van der Waals surface area contributed by atoms with Gasteiger partial charge in [0, 0.05) is 19.1 Å². The van der Waals surface area contributed by atoms with Crippen LogP contribution in [0.5, 0.6) is 0 Å². The van der Waals surface area contributed by atoms with Crippen molar-refractivity contribution in [2.75, 3.05) is 26.2 Å². The van der Waals surface area contributed by atoms with E-state index in [4.69, 9.17) is 5.11 Å². The Morgan fingerprint density at radius 3 is 2.79 bits per heavy atom. The lowest BCUT2D eigenvalue weighted by Crippen LogP contribution is -2.49. The van der Waals surface area contributed by atoms with Crippen molar-refractivity contribution in [1.29, 1.82) is 0 Å². The second kappa shape index (κ2) is 5.98. The molecule has 3 N–H and O–H groups in total. The van der Waals surface area contributed by atoms with E-state index >= 15 is 0 Å². The SMILES string of the molecule is CC(C(=O)NCCCCO)C1CNC1. The molecule has 0 aromatic rings. The first-order chi connectivity index (χ1) is 6.75. The molecule has 4 heteroatoms. The van der Waals surface area contributed by atoms with Gasteiger partial charge in [-0.1, -0.05) is 6.92 Å². The Morgan fingerprint density at radius 1 is 1.57 bits per heavy atom. The van der Waals surface area contributed by atoms with Crippen molar-refractivity contribution in [2.45, 2.75) is 19.8 Å². The molecule has 14 heavy (non-hydrogen) atoms. The van der Waals surface area contributed by atoms with Gasteiger partial charge in [-0.15, -0.1) is 0 Å². The zero-order valence-corrected chi connectivity index (χ0v) is 8.75. The third kappa shape index (κ3) is 3.27. The summed E-state index contributed by atoms with van der Waals surface area (Å²) < 4.78 is 0. The van der Waals surface area contributed by atoms with Gasteiger partial charge in [0.2, 0.25) is 5.91 Å². The van der Waals surface area contributed by atoms with Gasteiger partial charge in [0.25, 0.3) is 0 Å². The Bertz CT molecular complexity index is 181. The molecular weight excluding hydrogens is 180 g/mol. The van der Waals surface area contributed by atoms with Crippen LogP contribution in [0, 0.1) is 11.8 Å². The summed E-state index contributed by atoms with van der Waals surface area (Å²) in [7, 11) is 0. The number of hydrogen-bond donors (Lipinski definition) is 3. The summed E-state index contributed by atoms with van der Waals surface area (Å²) in [5, 5.41) is 14.6. The maximum atomic E-state index is 11.5. The molecule has 1 saturated heterocycles. The van der Waals surface area contributed by atoms with Crippen LogP contribution in [-0.2, 0) is 4.79 Å². The van der Waals surface area contributed by atoms with Crippen LogP contribution in [0.4, 0.5) is 0 Å². The van der Waals surface area contributed by atoms with Crippen molar-refractivity contribution in [3.05, 3.63) is 0 Å². The summed E-state index contributed by atoms with van der Waals surface area (Å²) in [6.45, 7) is 4.80. The summed E-state index contributed by atoms with van der Waals surface area (Å²) >= 11 is 0. The maximum Gasteiger partial charge on any atom is 0.223 e. The van der Waals surface area contributed by atoms with Crippen molar-refractivity contribution < 1.29 is 9.90 Å². The van der Waals surface area contributed by atoms with Crippen molar-refractivity contribution >= 4 is 5.91 Å². The number of hydrogen-bond acceptors (Lipinski definition) is 3. The highest BCUT2D eigenvalue weighted by Gasteiger charge is 2.28. The van der Waals surface area contributed by atoms with Gasteiger partial charge < -0.3 is 15.7 Å². The largest absolute Gasteiger partial charge is 0.396 e. The predicted molar refractivity (Wildman–Crippen MR) is 54.9 cm³/mol. The van der Waals surface area contributed by atoms with E-state index in [0.29, 0.717) is 12.5 Å². The normalized spacial score (nSPS) is 18.7. The molecule has 1 unspecified atom stereocenters. The molecule has 1 atom stereocenters. The molecule has 1 heterocycles. The van der Waals surface area contributed by atoms with Crippen LogP contribution in [0.25, 0.3) is 0 Å².